The van der Waals surface area contributed by atoms with Crippen molar-refractivity contribution in [2.45, 2.75) is 37.8 Å². The van der Waals surface area contributed by atoms with E-state index in [1.165, 1.54) is 26.2 Å². The van der Waals surface area contributed by atoms with Gasteiger partial charge in [-0.05, 0) is 50.1 Å². The largest absolute Gasteiger partial charge is 0.496 e. The molecule has 2 N–H and O–H groups in total. The van der Waals surface area contributed by atoms with Crippen LogP contribution >= 0.6 is 0 Å². The van der Waals surface area contributed by atoms with E-state index in [4.69, 9.17) is 4.74 Å². The van der Waals surface area contributed by atoms with Crippen molar-refractivity contribution in [2.24, 2.45) is 0 Å². The number of hydrogen-bond donors (Lipinski definition) is 2. The molecule has 0 aromatic heterocycles. The van der Waals surface area contributed by atoms with Crippen LogP contribution in [0.15, 0.2) is 53.4 Å². The highest BCUT2D eigenvalue weighted by Crippen LogP contribution is 2.21. The molecule has 0 unspecified atom stereocenters. The molecule has 0 aliphatic rings. The van der Waals surface area contributed by atoms with Crippen LogP contribution in [0.4, 0.5) is 0 Å². The van der Waals surface area contributed by atoms with Gasteiger partial charge in [0.2, 0.25) is 15.9 Å². The molecular formula is C19H24N2O4S. The Morgan fingerprint density at radius 1 is 1.08 bits per heavy atom. The number of carbonyl (C=O) groups excluding carboxylic acids is 1. The zero-order valence-electron chi connectivity index (χ0n) is 15.3. The summed E-state index contributed by atoms with van der Waals surface area (Å²) in [5.74, 6) is 0.210. The van der Waals surface area contributed by atoms with Crippen molar-refractivity contribution in [3.63, 3.8) is 0 Å². The Morgan fingerprint density at radius 2 is 1.73 bits per heavy atom. The van der Waals surface area contributed by atoms with Gasteiger partial charge in [0.1, 0.15) is 5.75 Å². The maximum atomic E-state index is 12.5. The lowest BCUT2D eigenvalue weighted by atomic mass is 10.1. The van der Waals surface area contributed by atoms with Gasteiger partial charge >= 0.3 is 0 Å². The summed E-state index contributed by atoms with van der Waals surface area (Å²) in [5, 5.41) is 2.81. The molecule has 2 rings (SSSR count). The van der Waals surface area contributed by atoms with Gasteiger partial charge in [0.15, 0.2) is 0 Å². The third-order valence-electron chi connectivity index (χ3n) is 4.06. The molecular weight excluding hydrogens is 352 g/mol. The number of amides is 1. The van der Waals surface area contributed by atoms with Crippen LogP contribution in [0.5, 0.6) is 5.75 Å². The van der Waals surface area contributed by atoms with E-state index in [-0.39, 0.29) is 10.9 Å². The van der Waals surface area contributed by atoms with Crippen LogP contribution in [0.25, 0.3) is 0 Å². The standard InChI is InChI=1S/C19H24N2O4S/c1-13-12-17(10-11-18(13)25-4)26(23,24)21-15(3)19(22)20-14(2)16-8-6-5-7-9-16/h5-12,14-15,21H,1-4H3,(H,20,22)/t14-,15-/m0/s1. The number of benzene rings is 2. The number of aryl methyl sites for hydroxylation is 1. The van der Waals surface area contributed by atoms with Crippen LogP contribution in [0.2, 0.25) is 0 Å². The van der Waals surface area contributed by atoms with E-state index in [1.807, 2.05) is 37.3 Å². The highest BCUT2D eigenvalue weighted by Gasteiger charge is 2.23. The average molecular weight is 376 g/mol. The van der Waals surface area contributed by atoms with Gasteiger partial charge in [0.25, 0.3) is 0 Å². The van der Waals surface area contributed by atoms with Crippen LogP contribution in [-0.4, -0.2) is 27.5 Å². The summed E-state index contributed by atoms with van der Waals surface area (Å²) >= 11 is 0. The van der Waals surface area contributed by atoms with Gasteiger partial charge in [0.05, 0.1) is 24.1 Å². The summed E-state index contributed by atoms with van der Waals surface area (Å²) in [6.45, 7) is 5.12. The van der Waals surface area contributed by atoms with Crippen LogP contribution < -0.4 is 14.8 Å². The summed E-state index contributed by atoms with van der Waals surface area (Å²) in [6, 6.07) is 12.9. The Balaban J connectivity index is 2.06. The van der Waals surface area contributed by atoms with E-state index < -0.39 is 22.0 Å². The Kier molecular flexibility index (Phi) is 6.39. The molecule has 2 aromatic carbocycles. The van der Waals surface area contributed by atoms with Crippen molar-refractivity contribution in [1.29, 1.82) is 0 Å². The minimum atomic E-state index is -3.82. The Bertz CT molecular complexity index is 866. The summed E-state index contributed by atoms with van der Waals surface area (Å²) in [4.78, 5) is 12.4. The van der Waals surface area contributed by atoms with Gasteiger partial charge in [-0.25, -0.2) is 8.42 Å². The van der Waals surface area contributed by atoms with Crippen molar-refractivity contribution in [2.75, 3.05) is 7.11 Å². The topological polar surface area (TPSA) is 84.5 Å². The van der Waals surface area contributed by atoms with Gasteiger partial charge in [-0.15, -0.1) is 0 Å². The van der Waals surface area contributed by atoms with Gasteiger partial charge in [-0.2, -0.15) is 4.72 Å². The maximum absolute atomic E-state index is 12.5. The van der Waals surface area contributed by atoms with E-state index in [2.05, 4.69) is 10.0 Å². The number of sulfonamides is 1. The molecule has 26 heavy (non-hydrogen) atoms. The molecule has 0 aliphatic heterocycles. The number of carbonyl (C=O) groups is 1. The quantitative estimate of drug-likeness (QED) is 0.778. The maximum Gasteiger partial charge on any atom is 0.241 e. The highest BCUT2D eigenvalue weighted by molar-refractivity contribution is 7.89. The summed E-state index contributed by atoms with van der Waals surface area (Å²) in [5.41, 5.74) is 1.65. The molecule has 0 spiro atoms. The first kappa shape index (κ1) is 19.9. The monoisotopic (exact) mass is 376 g/mol. The predicted molar refractivity (Wildman–Crippen MR) is 101 cm³/mol. The lowest BCUT2D eigenvalue weighted by molar-refractivity contribution is -0.123. The van der Waals surface area contributed by atoms with Crippen molar-refractivity contribution in [3.8, 4) is 5.75 Å². The van der Waals surface area contributed by atoms with Crippen LogP contribution in [0.1, 0.15) is 31.0 Å². The summed E-state index contributed by atoms with van der Waals surface area (Å²) < 4.78 is 32.6. The van der Waals surface area contributed by atoms with E-state index in [0.717, 1.165) is 5.56 Å². The lowest BCUT2D eigenvalue weighted by Crippen LogP contribution is -2.45. The van der Waals surface area contributed by atoms with Gasteiger partial charge < -0.3 is 10.1 Å². The first-order valence-electron chi connectivity index (χ1n) is 8.27. The second-order valence-corrected chi connectivity index (χ2v) is 7.83. The molecule has 0 heterocycles. The first-order valence-corrected chi connectivity index (χ1v) is 9.75. The molecule has 0 radical (unpaired) electrons. The molecule has 2 atom stereocenters. The molecule has 6 nitrogen and oxygen atoms in total. The normalized spacial score (nSPS) is 13.7. The molecule has 1 amide bonds. The molecule has 0 aliphatic carbocycles. The fourth-order valence-electron chi connectivity index (χ4n) is 2.54. The van der Waals surface area contributed by atoms with E-state index >= 15 is 0 Å². The molecule has 0 saturated heterocycles. The van der Waals surface area contributed by atoms with Crippen LogP contribution in [0.3, 0.4) is 0 Å². The average Bonchev–Trinajstić information content (AvgIpc) is 2.61. The van der Waals surface area contributed by atoms with Gasteiger partial charge in [0, 0.05) is 0 Å². The predicted octanol–water partition coefficient (Wildman–Crippen LogP) is 2.55. The van der Waals surface area contributed by atoms with Crippen LogP contribution in [-0.2, 0) is 14.8 Å². The number of methoxy groups -OCH3 is 1. The van der Waals surface area contributed by atoms with Gasteiger partial charge in [-0.3, -0.25) is 4.79 Å². The summed E-state index contributed by atoms with van der Waals surface area (Å²) in [7, 11) is -2.30. The van der Waals surface area contributed by atoms with Crippen molar-refractivity contribution < 1.29 is 17.9 Å². The molecule has 140 valence electrons. The SMILES string of the molecule is COc1ccc(S(=O)(=O)N[C@@H](C)C(=O)N[C@@H](C)c2ccccc2)cc1C. The molecule has 0 bridgehead atoms. The van der Waals surface area contributed by atoms with Gasteiger partial charge in [-0.1, -0.05) is 30.3 Å². The second-order valence-electron chi connectivity index (χ2n) is 6.12. The van der Waals surface area contributed by atoms with E-state index in [1.54, 1.807) is 13.0 Å². The Labute approximate surface area is 154 Å². The minimum Gasteiger partial charge on any atom is -0.496 e. The minimum absolute atomic E-state index is 0.0894. The zero-order valence-corrected chi connectivity index (χ0v) is 16.1. The fourth-order valence-corrected chi connectivity index (χ4v) is 3.82. The van der Waals surface area contributed by atoms with Crippen molar-refractivity contribution >= 4 is 15.9 Å². The lowest BCUT2D eigenvalue weighted by Gasteiger charge is -2.19. The molecule has 0 saturated carbocycles. The first-order chi connectivity index (χ1) is 12.2. The third kappa shape index (κ3) is 4.83. The molecule has 2 aromatic rings. The van der Waals surface area contributed by atoms with Crippen molar-refractivity contribution in [1.82, 2.24) is 10.0 Å². The number of hydrogen-bond acceptors (Lipinski definition) is 4. The van der Waals surface area contributed by atoms with E-state index in [9.17, 15) is 13.2 Å². The highest BCUT2D eigenvalue weighted by atomic mass is 32.2. The number of nitrogens with one attached hydrogen (secondary N) is 2. The van der Waals surface area contributed by atoms with E-state index in [0.29, 0.717) is 11.3 Å². The van der Waals surface area contributed by atoms with Crippen LogP contribution in [0, 0.1) is 6.92 Å². The Hall–Kier alpha value is -2.38. The zero-order chi connectivity index (χ0) is 19.3. The molecule has 7 heteroatoms. The Morgan fingerprint density at radius 3 is 2.31 bits per heavy atom. The number of ether oxygens (including phenoxy) is 1. The third-order valence-corrected chi connectivity index (χ3v) is 5.60. The number of rotatable bonds is 7. The van der Waals surface area contributed by atoms with Crippen molar-refractivity contribution in [3.05, 3.63) is 59.7 Å². The fraction of sp³-hybridized carbons (Fsp3) is 0.316. The molecule has 0 fully saturated rings. The smallest absolute Gasteiger partial charge is 0.241 e. The summed E-state index contributed by atoms with van der Waals surface area (Å²) in [6.07, 6.45) is 0. The second kappa shape index (κ2) is 8.33.